The summed E-state index contributed by atoms with van der Waals surface area (Å²) in [5, 5.41) is 8.74. The third kappa shape index (κ3) is 1.54. The third-order valence-corrected chi connectivity index (χ3v) is 2.52. The SMILES string of the molecule is N#Cc1ccc(-c2ncc[nH]2)cc1Br. The predicted octanol–water partition coefficient (Wildman–Crippen LogP) is 2.71. The molecule has 0 aliphatic carbocycles. The number of aromatic amines is 1. The first-order valence-corrected chi connectivity index (χ1v) is 4.80. The summed E-state index contributed by atoms with van der Waals surface area (Å²) in [5.74, 6) is 0.801. The normalized spacial score (nSPS) is 9.71. The Morgan fingerprint density at radius 3 is 2.86 bits per heavy atom. The van der Waals surface area contributed by atoms with Crippen molar-refractivity contribution < 1.29 is 0 Å². The van der Waals surface area contributed by atoms with Gasteiger partial charge in [-0.2, -0.15) is 5.26 Å². The van der Waals surface area contributed by atoms with Gasteiger partial charge in [0.25, 0.3) is 0 Å². The highest BCUT2D eigenvalue weighted by molar-refractivity contribution is 9.10. The van der Waals surface area contributed by atoms with Gasteiger partial charge < -0.3 is 4.98 Å². The highest BCUT2D eigenvalue weighted by Gasteiger charge is 2.03. The number of nitrogens with one attached hydrogen (secondary N) is 1. The summed E-state index contributed by atoms with van der Waals surface area (Å²) in [4.78, 5) is 7.13. The maximum absolute atomic E-state index is 8.74. The fourth-order valence-corrected chi connectivity index (χ4v) is 1.64. The summed E-state index contributed by atoms with van der Waals surface area (Å²) in [5.41, 5.74) is 1.58. The van der Waals surface area contributed by atoms with Crippen LogP contribution in [0.3, 0.4) is 0 Å². The Kier molecular flexibility index (Phi) is 2.33. The van der Waals surface area contributed by atoms with Crippen molar-refractivity contribution in [1.29, 1.82) is 5.26 Å². The first-order valence-electron chi connectivity index (χ1n) is 4.00. The van der Waals surface area contributed by atoms with Gasteiger partial charge in [0.15, 0.2) is 0 Å². The maximum atomic E-state index is 8.74. The number of H-pyrrole nitrogens is 1. The van der Waals surface area contributed by atoms with Gasteiger partial charge in [-0.15, -0.1) is 0 Å². The van der Waals surface area contributed by atoms with Gasteiger partial charge in [0.2, 0.25) is 0 Å². The summed E-state index contributed by atoms with van der Waals surface area (Å²) in [6.07, 6.45) is 3.46. The molecule has 0 atom stereocenters. The van der Waals surface area contributed by atoms with E-state index < -0.39 is 0 Å². The molecule has 0 amide bonds. The standard InChI is InChI=1S/C10H6BrN3/c11-9-5-7(1-2-8(9)6-12)10-13-3-4-14-10/h1-5H,(H,13,14). The molecule has 0 saturated carbocycles. The highest BCUT2D eigenvalue weighted by atomic mass is 79.9. The van der Waals surface area contributed by atoms with Crippen molar-refractivity contribution >= 4 is 15.9 Å². The van der Waals surface area contributed by atoms with E-state index in [1.807, 2.05) is 12.1 Å². The largest absolute Gasteiger partial charge is 0.345 e. The van der Waals surface area contributed by atoms with Gasteiger partial charge in [0.1, 0.15) is 11.9 Å². The molecule has 0 aliphatic rings. The second-order valence-electron chi connectivity index (χ2n) is 2.74. The molecular formula is C10H6BrN3. The van der Waals surface area contributed by atoms with Crippen molar-refractivity contribution in [2.75, 3.05) is 0 Å². The van der Waals surface area contributed by atoms with Crippen LogP contribution in [0.15, 0.2) is 35.1 Å². The first-order chi connectivity index (χ1) is 6.81. The molecular weight excluding hydrogens is 242 g/mol. The van der Waals surface area contributed by atoms with Gasteiger partial charge in [0, 0.05) is 22.4 Å². The van der Waals surface area contributed by atoms with Crippen LogP contribution in [-0.2, 0) is 0 Å². The molecule has 2 rings (SSSR count). The van der Waals surface area contributed by atoms with Crippen LogP contribution in [-0.4, -0.2) is 9.97 Å². The van der Waals surface area contributed by atoms with E-state index in [-0.39, 0.29) is 0 Å². The number of rotatable bonds is 1. The van der Waals surface area contributed by atoms with Gasteiger partial charge in [-0.3, -0.25) is 0 Å². The van der Waals surface area contributed by atoms with Crippen LogP contribution in [0.4, 0.5) is 0 Å². The Morgan fingerprint density at radius 1 is 1.43 bits per heavy atom. The van der Waals surface area contributed by atoms with E-state index in [1.165, 1.54) is 0 Å². The molecule has 1 aromatic carbocycles. The Hall–Kier alpha value is -1.60. The van der Waals surface area contributed by atoms with Gasteiger partial charge in [-0.05, 0) is 34.1 Å². The molecule has 0 saturated heterocycles. The van der Waals surface area contributed by atoms with E-state index >= 15 is 0 Å². The highest BCUT2D eigenvalue weighted by Crippen LogP contribution is 2.22. The zero-order valence-corrected chi connectivity index (χ0v) is 8.75. The van der Waals surface area contributed by atoms with Crippen LogP contribution in [0, 0.1) is 11.3 Å². The molecule has 0 radical (unpaired) electrons. The number of hydrogen-bond acceptors (Lipinski definition) is 2. The zero-order valence-electron chi connectivity index (χ0n) is 7.16. The molecule has 0 fully saturated rings. The molecule has 68 valence electrons. The molecule has 1 heterocycles. The number of hydrogen-bond donors (Lipinski definition) is 1. The minimum atomic E-state index is 0.625. The van der Waals surface area contributed by atoms with Crippen molar-refractivity contribution in [2.45, 2.75) is 0 Å². The molecule has 0 unspecified atom stereocenters. The maximum Gasteiger partial charge on any atom is 0.137 e. The summed E-state index contributed by atoms with van der Waals surface area (Å²) in [7, 11) is 0. The summed E-state index contributed by atoms with van der Waals surface area (Å²) in [6.45, 7) is 0. The molecule has 14 heavy (non-hydrogen) atoms. The zero-order chi connectivity index (χ0) is 9.97. The second-order valence-corrected chi connectivity index (χ2v) is 3.60. The molecule has 0 aliphatic heterocycles. The number of imidazole rings is 1. The lowest BCUT2D eigenvalue weighted by atomic mass is 10.1. The Labute approximate surface area is 89.5 Å². The van der Waals surface area contributed by atoms with Crippen LogP contribution >= 0.6 is 15.9 Å². The fourth-order valence-electron chi connectivity index (χ4n) is 1.18. The lowest BCUT2D eigenvalue weighted by molar-refractivity contribution is 1.30. The van der Waals surface area contributed by atoms with Crippen LogP contribution in [0.25, 0.3) is 11.4 Å². The van der Waals surface area contributed by atoms with Crippen molar-refractivity contribution in [3.8, 4) is 17.5 Å². The molecule has 2 aromatic rings. The Morgan fingerprint density at radius 2 is 2.29 bits per heavy atom. The molecule has 1 aromatic heterocycles. The van der Waals surface area contributed by atoms with Crippen molar-refractivity contribution in [3.05, 3.63) is 40.6 Å². The monoisotopic (exact) mass is 247 g/mol. The lowest BCUT2D eigenvalue weighted by Gasteiger charge is -1.99. The van der Waals surface area contributed by atoms with Crippen molar-refractivity contribution in [3.63, 3.8) is 0 Å². The third-order valence-electron chi connectivity index (χ3n) is 1.86. The first kappa shape index (κ1) is 8.97. The minimum absolute atomic E-state index is 0.625. The summed E-state index contributed by atoms with van der Waals surface area (Å²) >= 11 is 3.33. The van der Waals surface area contributed by atoms with Crippen molar-refractivity contribution in [1.82, 2.24) is 9.97 Å². The van der Waals surface area contributed by atoms with E-state index in [4.69, 9.17) is 5.26 Å². The predicted molar refractivity (Wildman–Crippen MR) is 56.4 cm³/mol. The number of benzene rings is 1. The topological polar surface area (TPSA) is 52.5 Å². The molecule has 1 N–H and O–H groups in total. The van der Waals surface area contributed by atoms with E-state index in [9.17, 15) is 0 Å². The summed E-state index contributed by atoms with van der Waals surface area (Å²) in [6, 6.07) is 7.59. The number of nitrogens with zero attached hydrogens (tertiary/aromatic N) is 2. The Bertz CT molecular complexity index is 483. The van der Waals surface area contributed by atoms with Gasteiger partial charge in [-0.25, -0.2) is 4.98 Å². The fraction of sp³-hybridized carbons (Fsp3) is 0. The van der Waals surface area contributed by atoms with E-state index in [2.05, 4.69) is 32.0 Å². The second kappa shape index (κ2) is 3.64. The lowest BCUT2D eigenvalue weighted by Crippen LogP contribution is -1.83. The smallest absolute Gasteiger partial charge is 0.137 e. The number of aromatic nitrogens is 2. The van der Waals surface area contributed by atoms with E-state index in [1.54, 1.807) is 18.5 Å². The van der Waals surface area contributed by atoms with E-state index in [0.29, 0.717) is 5.56 Å². The number of nitriles is 1. The van der Waals surface area contributed by atoms with Gasteiger partial charge in [-0.1, -0.05) is 0 Å². The number of halogens is 1. The van der Waals surface area contributed by atoms with Gasteiger partial charge >= 0.3 is 0 Å². The quantitative estimate of drug-likeness (QED) is 0.843. The van der Waals surface area contributed by atoms with Crippen molar-refractivity contribution in [2.24, 2.45) is 0 Å². The average Bonchev–Trinajstić information content (AvgIpc) is 2.70. The van der Waals surface area contributed by atoms with Crippen LogP contribution < -0.4 is 0 Å². The van der Waals surface area contributed by atoms with Gasteiger partial charge in [0.05, 0.1) is 5.56 Å². The summed E-state index contributed by atoms with van der Waals surface area (Å²) < 4.78 is 0.786. The molecule has 3 nitrogen and oxygen atoms in total. The Balaban J connectivity index is 2.49. The minimum Gasteiger partial charge on any atom is -0.345 e. The van der Waals surface area contributed by atoms with Crippen LogP contribution in [0.1, 0.15) is 5.56 Å². The molecule has 0 bridgehead atoms. The van der Waals surface area contributed by atoms with Crippen LogP contribution in [0.5, 0.6) is 0 Å². The molecule has 0 spiro atoms. The van der Waals surface area contributed by atoms with Crippen LogP contribution in [0.2, 0.25) is 0 Å². The van der Waals surface area contributed by atoms with E-state index in [0.717, 1.165) is 15.9 Å². The average molecular weight is 248 g/mol. The molecule has 4 heteroatoms.